The van der Waals surface area contributed by atoms with E-state index in [1.54, 1.807) is 17.0 Å². The molecule has 0 bridgehead atoms. The van der Waals surface area contributed by atoms with E-state index in [4.69, 9.17) is 5.73 Å². The van der Waals surface area contributed by atoms with Crippen molar-refractivity contribution in [2.75, 3.05) is 31.1 Å². The Labute approximate surface area is 153 Å². The van der Waals surface area contributed by atoms with E-state index in [2.05, 4.69) is 0 Å². The van der Waals surface area contributed by atoms with Crippen LogP contribution in [-0.2, 0) is 4.79 Å². The molecule has 2 fully saturated rings. The van der Waals surface area contributed by atoms with Crippen LogP contribution in [0.3, 0.4) is 0 Å². The molecule has 0 radical (unpaired) electrons. The van der Waals surface area contributed by atoms with Crippen LogP contribution in [0.5, 0.6) is 0 Å². The molecule has 2 N–H and O–H groups in total. The van der Waals surface area contributed by atoms with E-state index in [-0.39, 0.29) is 36.5 Å². The highest BCUT2D eigenvalue weighted by molar-refractivity contribution is 5.94. The summed E-state index contributed by atoms with van der Waals surface area (Å²) in [5, 5.41) is 0. The van der Waals surface area contributed by atoms with Crippen molar-refractivity contribution in [2.24, 2.45) is 5.73 Å². The molecule has 134 valence electrons. The Balaban J connectivity index is 0.00000144. The largest absolute Gasteiger partial charge is 0.366 e. The van der Waals surface area contributed by atoms with Crippen LogP contribution in [0.2, 0.25) is 0 Å². The molecule has 24 heavy (non-hydrogen) atoms. The molecular formula is C16H22Cl2FN3O2. The predicted molar refractivity (Wildman–Crippen MR) is 95.8 cm³/mol. The van der Waals surface area contributed by atoms with E-state index >= 15 is 0 Å². The third-order valence-corrected chi connectivity index (χ3v) is 4.48. The number of amides is 1. The lowest BCUT2D eigenvalue weighted by molar-refractivity contribution is -0.133. The number of Topliss-reactive ketones (excluding diaryl/α,β-unsaturated/α-hetero) is 1. The lowest BCUT2D eigenvalue weighted by Crippen LogP contribution is -2.54. The first kappa shape index (κ1) is 20.7. The van der Waals surface area contributed by atoms with Gasteiger partial charge in [-0.25, -0.2) is 4.39 Å². The number of piperazine rings is 1. The van der Waals surface area contributed by atoms with Crippen LogP contribution in [-0.4, -0.2) is 48.3 Å². The van der Waals surface area contributed by atoms with Crippen LogP contribution < -0.4 is 10.6 Å². The van der Waals surface area contributed by atoms with Crippen molar-refractivity contribution in [3.8, 4) is 0 Å². The van der Waals surface area contributed by atoms with Crippen LogP contribution in [0.1, 0.15) is 30.1 Å². The summed E-state index contributed by atoms with van der Waals surface area (Å²) in [7, 11) is 0. The van der Waals surface area contributed by atoms with Crippen molar-refractivity contribution in [2.45, 2.75) is 25.3 Å². The molecule has 8 heteroatoms. The Morgan fingerprint density at radius 3 is 2.17 bits per heavy atom. The van der Waals surface area contributed by atoms with Crippen molar-refractivity contribution in [1.29, 1.82) is 0 Å². The third-order valence-electron chi connectivity index (χ3n) is 4.48. The molecule has 1 aromatic rings. The van der Waals surface area contributed by atoms with Crippen molar-refractivity contribution >= 4 is 42.2 Å². The van der Waals surface area contributed by atoms with Gasteiger partial charge in [0.05, 0.1) is 11.2 Å². The van der Waals surface area contributed by atoms with Crippen LogP contribution in [0, 0.1) is 5.82 Å². The van der Waals surface area contributed by atoms with Crippen molar-refractivity contribution in [1.82, 2.24) is 4.90 Å². The SMILES string of the molecule is CC(=O)c1ccc(N2CCN(C(=O)C3(N)CC3)CC2)c(F)c1.Cl.Cl. The Morgan fingerprint density at radius 1 is 1.12 bits per heavy atom. The van der Waals surface area contributed by atoms with Crippen LogP contribution in [0.15, 0.2) is 18.2 Å². The second kappa shape index (κ2) is 7.68. The van der Waals surface area contributed by atoms with Crippen LogP contribution >= 0.6 is 24.8 Å². The molecule has 1 heterocycles. The number of carbonyl (C=O) groups excluding carboxylic acids is 2. The second-order valence-electron chi connectivity index (χ2n) is 6.16. The van der Waals surface area contributed by atoms with Gasteiger partial charge in [0.2, 0.25) is 5.91 Å². The maximum atomic E-state index is 14.2. The predicted octanol–water partition coefficient (Wildman–Crippen LogP) is 2.01. The zero-order chi connectivity index (χ0) is 15.9. The molecule has 3 rings (SSSR count). The van der Waals surface area contributed by atoms with E-state index < -0.39 is 11.4 Å². The minimum Gasteiger partial charge on any atom is -0.366 e. The van der Waals surface area contributed by atoms with Gasteiger partial charge in [0.1, 0.15) is 5.82 Å². The molecule has 0 aromatic heterocycles. The molecule has 1 aromatic carbocycles. The molecule has 1 aliphatic carbocycles. The number of rotatable bonds is 3. The van der Waals surface area contributed by atoms with E-state index in [0.29, 0.717) is 37.4 Å². The standard InChI is InChI=1S/C16H20FN3O2.2ClH/c1-11(21)12-2-3-14(13(17)10-12)19-6-8-20(9-7-19)15(22)16(18)4-5-16;;/h2-3,10H,4-9,18H2,1H3;2*1H. The maximum Gasteiger partial charge on any atom is 0.242 e. The summed E-state index contributed by atoms with van der Waals surface area (Å²) in [5.74, 6) is -0.539. The fourth-order valence-corrected chi connectivity index (χ4v) is 2.80. The number of ketones is 1. The molecule has 0 unspecified atom stereocenters. The van der Waals surface area contributed by atoms with E-state index in [1.807, 2.05) is 4.90 Å². The molecule has 1 amide bonds. The Morgan fingerprint density at radius 2 is 1.71 bits per heavy atom. The molecule has 1 saturated heterocycles. The van der Waals surface area contributed by atoms with Crippen molar-refractivity contribution < 1.29 is 14.0 Å². The summed E-state index contributed by atoms with van der Waals surface area (Å²) in [6.07, 6.45) is 1.51. The van der Waals surface area contributed by atoms with Gasteiger partial charge in [-0.15, -0.1) is 24.8 Å². The number of nitrogens with two attached hydrogens (primary N) is 1. The number of hydrogen-bond acceptors (Lipinski definition) is 4. The lowest BCUT2D eigenvalue weighted by Gasteiger charge is -2.37. The Kier molecular flexibility index (Phi) is 6.61. The van der Waals surface area contributed by atoms with Gasteiger partial charge in [-0.2, -0.15) is 0 Å². The molecule has 5 nitrogen and oxygen atoms in total. The molecule has 1 aliphatic heterocycles. The second-order valence-corrected chi connectivity index (χ2v) is 6.16. The fraction of sp³-hybridized carbons (Fsp3) is 0.500. The minimum atomic E-state index is -0.642. The normalized spacial score (nSPS) is 18.3. The van der Waals surface area contributed by atoms with E-state index in [1.165, 1.54) is 13.0 Å². The van der Waals surface area contributed by atoms with E-state index in [9.17, 15) is 14.0 Å². The minimum absolute atomic E-state index is 0. The molecule has 1 saturated carbocycles. The van der Waals surface area contributed by atoms with Gasteiger partial charge in [-0.05, 0) is 38.0 Å². The van der Waals surface area contributed by atoms with Gasteiger partial charge in [0.25, 0.3) is 0 Å². The van der Waals surface area contributed by atoms with Crippen molar-refractivity contribution in [3.05, 3.63) is 29.6 Å². The summed E-state index contributed by atoms with van der Waals surface area (Å²) >= 11 is 0. The number of hydrogen-bond donors (Lipinski definition) is 1. The molecular weight excluding hydrogens is 356 g/mol. The van der Waals surface area contributed by atoms with Crippen LogP contribution in [0.25, 0.3) is 0 Å². The van der Waals surface area contributed by atoms with Gasteiger partial charge in [0.15, 0.2) is 5.78 Å². The zero-order valence-electron chi connectivity index (χ0n) is 13.5. The molecule has 2 aliphatic rings. The quantitative estimate of drug-likeness (QED) is 0.818. The number of anilines is 1. The zero-order valence-corrected chi connectivity index (χ0v) is 15.1. The highest BCUT2D eigenvalue weighted by Crippen LogP contribution is 2.34. The first-order chi connectivity index (χ1) is 10.4. The molecule has 0 spiro atoms. The van der Waals surface area contributed by atoms with Crippen molar-refractivity contribution in [3.63, 3.8) is 0 Å². The average molecular weight is 378 g/mol. The summed E-state index contributed by atoms with van der Waals surface area (Å²) in [6.45, 7) is 3.65. The topological polar surface area (TPSA) is 66.6 Å². The number of halogens is 3. The fourth-order valence-electron chi connectivity index (χ4n) is 2.80. The summed E-state index contributed by atoms with van der Waals surface area (Å²) < 4.78 is 14.2. The monoisotopic (exact) mass is 377 g/mol. The first-order valence-electron chi connectivity index (χ1n) is 7.54. The Hall–Kier alpha value is -1.37. The summed E-state index contributed by atoms with van der Waals surface area (Å²) in [4.78, 5) is 27.1. The smallest absolute Gasteiger partial charge is 0.242 e. The van der Waals surface area contributed by atoms with Gasteiger partial charge >= 0.3 is 0 Å². The van der Waals surface area contributed by atoms with Crippen LogP contribution in [0.4, 0.5) is 10.1 Å². The lowest BCUT2D eigenvalue weighted by atomic mass is 10.1. The Bertz CT molecular complexity index is 630. The van der Waals surface area contributed by atoms with Gasteiger partial charge in [0, 0.05) is 31.7 Å². The highest BCUT2D eigenvalue weighted by atomic mass is 35.5. The number of carbonyl (C=O) groups is 2. The summed E-state index contributed by atoms with van der Waals surface area (Å²) in [5.41, 5.74) is 6.14. The summed E-state index contributed by atoms with van der Waals surface area (Å²) in [6, 6.07) is 4.54. The van der Waals surface area contributed by atoms with E-state index in [0.717, 1.165) is 12.8 Å². The van der Waals surface area contributed by atoms with Gasteiger partial charge in [-0.3, -0.25) is 9.59 Å². The number of nitrogens with zero attached hydrogens (tertiary/aromatic N) is 2. The highest BCUT2D eigenvalue weighted by Gasteiger charge is 2.48. The average Bonchev–Trinajstić information content (AvgIpc) is 3.25. The number of benzene rings is 1. The molecule has 0 atom stereocenters. The van der Waals surface area contributed by atoms with Gasteiger partial charge in [-0.1, -0.05) is 0 Å². The third kappa shape index (κ3) is 3.99. The first-order valence-corrected chi connectivity index (χ1v) is 7.54. The maximum absolute atomic E-state index is 14.2. The van der Waals surface area contributed by atoms with Gasteiger partial charge < -0.3 is 15.5 Å².